The lowest BCUT2D eigenvalue weighted by atomic mass is 9.96. The van der Waals surface area contributed by atoms with Crippen LogP contribution in [-0.2, 0) is 6.42 Å². The Labute approximate surface area is 131 Å². The third kappa shape index (κ3) is 2.82. The molecule has 0 atom stereocenters. The molecule has 3 aromatic carbocycles. The SMILES string of the molecule is Cc1c(-c2ccc(Cc3ccccc3)cc2)ccc(N)c1N. The van der Waals surface area contributed by atoms with Gasteiger partial charge in [0.05, 0.1) is 11.4 Å². The van der Waals surface area contributed by atoms with Gasteiger partial charge in [-0.15, -0.1) is 0 Å². The van der Waals surface area contributed by atoms with E-state index in [0.717, 1.165) is 17.5 Å². The van der Waals surface area contributed by atoms with E-state index in [1.807, 2.05) is 25.1 Å². The molecule has 0 aliphatic carbocycles. The molecule has 0 amide bonds. The van der Waals surface area contributed by atoms with Crippen LogP contribution in [0.25, 0.3) is 11.1 Å². The maximum absolute atomic E-state index is 6.03. The van der Waals surface area contributed by atoms with Crippen LogP contribution in [0.5, 0.6) is 0 Å². The first-order chi connectivity index (χ1) is 10.6. The second kappa shape index (κ2) is 5.94. The van der Waals surface area contributed by atoms with Gasteiger partial charge in [0.25, 0.3) is 0 Å². The van der Waals surface area contributed by atoms with Crippen molar-refractivity contribution in [3.63, 3.8) is 0 Å². The Balaban J connectivity index is 1.87. The first-order valence-corrected chi connectivity index (χ1v) is 7.43. The van der Waals surface area contributed by atoms with Crippen molar-refractivity contribution in [2.45, 2.75) is 13.3 Å². The van der Waals surface area contributed by atoms with E-state index in [4.69, 9.17) is 11.5 Å². The summed E-state index contributed by atoms with van der Waals surface area (Å²) in [6.07, 6.45) is 0.948. The Morgan fingerprint density at radius 3 is 2.05 bits per heavy atom. The van der Waals surface area contributed by atoms with Crippen molar-refractivity contribution < 1.29 is 0 Å². The number of hydrogen-bond donors (Lipinski definition) is 2. The molecule has 0 saturated heterocycles. The highest BCUT2D eigenvalue weighted by Crippen LogP contribution is 2.31. The van der Waals surface area contributed by atoms with Gasteiger partial charge < -0.3 is 11.5 Å². The lowest BCUT2D eigenvalue weighted by Crippen LogP contribution is -1.98. The number of nitrogens with two attached hydrogens (primary N) is 2. The van der Waals surface area contributed by atoms with Gasteiger partial charge in [-0.25, -0.2) is 0 Å². The maximum atomic E-state index is 6.03. The second-order valence-electron chi connectivity index (χ2n) is 5.60. The first-order valence-electron chi connectivity index (χ1n) is 7.43. The molecule has 0 aliphatic heterocycles. The fourth-order valence-corrected chi connectivity index (χ4v) is 2.70. The van der Waals surface area contributed by atoms with E-state index >= 15 is 0 Å². The second-order valence-corrected chi connectivity index (χ2v) is 5.60. The van der Waals surface area contributed by atoms with E-state index in [-0.39, 0.29) is 0 Å². The molecule has 0 heterocycles. The topological polar surface area (TPSA) is 52.0 Å². The summed E-state index contributed by atoms with van der Waals surface area (Å²) >= 11 is 0. The summed E-state index contributed by atoms with van der Waals surface area (Å²) in [6.45, 7) is 2.01. The zero-order valence-corrected chi connectivity index (χ0v) is 12.7. The molecular weight excluding hydrogens is 268 g/mol. The summed E-state index contributed by atoms with van der Waals surface area (Å²) in [4.78, 5) is 0. The van der Waals surface area contributed by atoms with Gasteiger partial charge in [0.15, 0.2) is 0 Å². The molecule has 4 N–H and O–H groups in total. The molecule has 2 nitrogen and oxygen atoms in total. The van der Waals surface area contributed by atoms with Crippen molar-refractivity contribution in [2.24, 2.45) is 0 Å². The molecule has 3 aromatic rings. The molecule has 3 rings (SSSR count). The highest BCUT2D eigenvalue weighted by molar-refractivity contribution is 5.79. The number of hydrogen-bond acceptors (Lipinski definition) is 2. The molecule has 110 valence electrons. The van der Waals surface area contributed by atoms with Crippen molar-refractivity contribution in [3.05, 3.63) is 83.4 Å². The highest BCUT2D eigenvalue weighted by atomic mass is 14.7. The fourth-order valence-electron chi connectivity index (χ4n) is 2.70. The average molecular weight is 288 g/mol. The van der Waals surface area contributed by atoms with Crippen molar-refractivity contribution in [2.75, 3.05) is 11.5 Å². The van der Waals surface area contributed by atoms with Crippen LogP contribution in [0.15, 0.2) is 66.7 Å². The normalized spacial score (nSPS) is 10.6. The van der Waals surface area contributed by atoms with Gasteiger partial charge >= 0.3 is 0 Å². The Morgan fingerprint density at radius 2 is 1.36 bits per heavy atom. The van der Waals surface area contributed by atoms with Gasteiger partial charge in [-0.1, -0.05) is 60.7 Å². The van der Waals surface area contributed by atoms with Crippen LogP contribution >= 0.6 is 0 Å². The molecule has 0 spiro atoms. The van der Waals surface area contributed by atoms with Crippen molar-refractivity contribution in [1.82, 2.24) is 0 Å². The fraction of sp³-hybridized carbons (Fsp3) is 0.100. The van der Waals surface area contributed by atoms with E-state index in [9.17, 15) is 0 Å². The number of nitrogen functional groups attached to an aromatic ring is 2. The summed E-state index contributed by atoms with van der Waals surface area (Å²) in [5.41, 5.74) is 19.2. The molecule has 2 heteroatoms. The van der Waals surface area contributed by atoms with Crippen molar-refractivity contribution in [3.8, 4) is 11.1 Å². The molecule has 0 fully saturated rings. The third-order valence-electron chi connectivity index (χ3n) is 4.06. The van der Waals surface area contributed by atoms with E-state index in [1.165, 1.54) is 16.7 Å². The van der Waals surface area contributed by atoms with Gasteiger partial charge in [0.1, 0.15) is 0 Å². The van der Waals surface area contributed by atoms with Crippen molar-refractivity contribution >= 4 is 11.4 Å². The predicted molar refractivity (Wildman–Crippen MR) is 94.7 cm³/mol. The number of benzene rings is 3. The summed E-state index contributed by atoms with van der Waals surface area (Å²) in [7, 11) is 0. The zero-order valence-electron chi connectivity index (χ0n) is 12.7. The summed E-state index contributed by atoms with van der Waals surface area (Å²) in [5.74, 6) is 0. The average Bonchev–Trinajstić information content (AvgIpc) is 2.55. The smallest absolute Gasteiger partial charge is 0.0583 e. The molecular formula is C20H20N2. The molecule has 0 bridgehead atoms. The Kier molecular flexibility index (Phi) is 3.84. The third-order valence-corrected chi connectivity index (χ3v) is 4.06. The standard InChI is InChI=1S/C20H20N2/c1-14-18(11-12-19(21)20(14)22)17-9-7-16(8-10-17)13-15-5-3-2-4-6-15/h2-12H,13,21-22H2,1H3. The van der Waals surface area contributed by atoms with E-state index in [2.05, 4.69) is 48.5 Å². The minimum absolute atomic E-state index is 0.641. The Morgan fingerprint density at radius 1 is 0.727 bits per heavy atom. The summed E-state index contributed by atoms with van der Waals surface area (Å²) in [5, 5.41) is 0. The molecule has 0 saturated carbocycles. The van der Waals surface area contributed by atoms with Crippen LogP contribution in [0.2, 0.25) is 0 Å². The van der Waals surface area contributed by atoms with Gasteiger partial charge in [-0.3, -0.25) is 0 Å². The van der Waals surface area contributed by atoms with Gasteiger partial charge in [0, 0.05) is 0 Å². The lowest BCUT2D eigenvalue weighted by molar-refractivity contribution is 1.19. The van der Waals surface area contributed by atoms with Crippen molar-refractivity contribution in [1.29, 1.82) is 0 Å². The first kappa shape index (κ1) is 14.2. The number of anilines is 2. The number of rotatable bonds is 3. The van der Waals surface area contributed by atoms with Gasteiger partial charge in [-0.2, -0.15) is 0 Å². The zero-order chi connectivity index (χ0) is 15.5. The maximum Gasteiger partial charge on any atom is 0.0583 e. The summed E-state index contributed by atoms with van der Waals surface area (Å²) < 4.78 is 0. The predicted octanol–water partition coefficient (Wildman–Crippen LogP) is 4.42. The largest absolute Gasteiger partial charge is 0.397 e. The molecule has 0 unspecified atom stereocenters. The molecule has 0 aromatic heterocycles. The Hall–Kier alpha value is -2.74. The van der Waals surface area contributed by atoms with Gasteiger partial charge in [0.2, 0.25) is 0 Å². The molecule has 22 heavy (non-hydrogen) atoms. The van der Waals surface area contributed by atoms with E-state index < -0.39 is 0 Å². The molecule has 0 aliphatic rings. The minimum atomic E-state index is 0.641. The lowest BCUT2D eigenvalue weighted by Gasteiger charge is -2.11. The van der Waals surface area contributed by atoms with Crippen LogP contribution in [0.3, 0.4) is 0 Å². The van der Waals surface area contributed by atoms with Crippen LogP contribution in [0.1, 0.15) is 16.7 Å². The van der Waals surface area contributed by atoms with E-state index in [0.29, 0.717) is 11.4 Å². The highest BCUT2D eigenvalue weighted by Gasteiger charge is 2.07. The monoisotopic (exact) mass is 288 g/mol. The van der Waals surface area contributed by atoms with Gasteiger partial charge in [-0.05, 0) is 47.2 Å². The van der Waals surface area contributed by atoms with Crippen LogP contribution < -0.4 is 11.5 Å². The Bertz CT molecular complexity index is 775. The quantitative estimate of drug-likeness (QED) is 0.701. The van der Waals surface area contributed by atoms with E-state index in [1.54, 1.807) is 0 Å². The van der Waals surface area contributed by atoms with Crippen LogP contribution in [0.4, 0.5) is 11.4 Å². The minimum Gasteiger partial charge on any atom is -0.397 e. The van der Waals surface area contributed by atoms with Crippen LogP contribution in [-0.4, -0.2) is 0 Å². The molecule has 0 radical (unpaired) electrons. The van der Waals surface area contributed by atoms with Crippen LogP contribution in [0, 0.1) is 6.92 Å². The summed E-state index contributed by atoms with van der Waals surface area (Å²) in [6, 6.07) is 23.0.